The Morgan fingerprint density at radius 3 is 2.53 bits per heavy atom. The number of hydrogen-bond acceptors (Lipinski definition) is 5. The molecule has 0 radical (unpaired) electrons. The second-order valence-electron chi connectivity index (χ2n) is 6.92. The van der Waals surface area contributed by atoms with Gasteiger partial charge in [0, 0.05) is 11.4 Å². The van der Waals surface area contributed by atoms with Crippen LogP contribution in [0.5, 0.6) is 0 Å². The molecule has 0 saturated heterocycles. The van der Waals surface area contributed by atoms with Crippen LogP contribution in [0.25, 0.3) is 11.3 Å². The van der Waals surface area contributed by atoms with Crippen molar-refractivity contribution in [3.8, 4) is 11.3 Å². The number of rotatable bonds is 8. The Morgan fingerprint density at radius 1 is 1.13 bits per heavy atom. The molecule has 1 unspecified atom stereocenters. The largest absolute Gasteiger partial charge is 0.370 e. The van der Waals surface area contributed by atoms with E-state index in [1.54, 1.807) is 13.0 Å². The fourth-order valence-electron chi connectivity index (χ4n) is 2.96. The Labute approximate surface area is 173 Å². The average molecular weight is 408 g/mol. The Hall–Kier alpha value is -3.95. The molecule has 30 heavy (non-hydrogen) atoms. The van der Waals surface area contributed by atoms with E-state index >= 15 is 0 Å². The van der Waals surface area contributed by atoms with Crippen molar-refractivity contribution < 1.29 is 4.79 Å². The van der Waals surface area contributed by atoms with Crippen LogP contribution in [0.1, 0.15) is 39.3 Å². The van der Waals surface area contributed by atoms with Crippen molar-refractivity contribution in [3.63, 3.8) is 0 Å². The Morgan fingerprint density at radius 2 is 1.87 bits per heavy atom. The van der Waals surface area contributed by atoms with Gasteiger partial charge in [-0.1, -0.05) is 35.0 Å². The molecule has 10 heteroatoms. The maximum atomic E-state index is 12.8. The number of aromatic amines is 2. The van der Waals surface area contributed by atoms with Gasteiger partial charge in [0.15, 0.2) is 5.96 Å². The normalized spacial score (nSPS) is 11.7. The van der Waals surface area contributed by atoms with E-state index in [4.69, 9.17) is 11.5 Å². The lowest BCUT2D eigenvalue weighted by Gasteiger charge is -2.14. The Balaban J connectivity index is 1.81. The molecule has 0 saturated carbocycles. The van der Waals surface area contributed by atoms with E-state index in [9.17, 15) is 9.70 Å². The first-order valence-electron chi connectivity index (χ1n) is 9.34. The predicted molar refractivity (Wildman–Crippen MR) is 115 cm³/mol. The zero-order valence-corrected chi connectivity index (χ0v) is 16.8. The second kappa shape index (κ2) is 9.03. The van der Waals surface area contributed by atoms with E-state index in [1.807, 2.05) is 37.3 Å². The molecule has 7 N–H and O–H groups in total. The third-order valence-corrected chi connectivity index (χ3v) is 4.60. The first-order chi connectivity index (χ1) is 14.4. The number of carbonyl (C=O) groups excluding carboxylic acids is 1. The fourth-order valence-corrected chi connectivity index (χ4v) is 2.96. The third-order valence-electron chi connectivity index (χ3n) is 4.60. The van der Waals surface area contributed by atoms with E-state index < -0.39 is 6.04 Å². The molecule has 1 amide bonds. The number of nitrogens with zero attached hydrogens (tertiary/aromatic N) is 3. The van der Waals surface area contributed by atoms with Gasteiger partial charge in [0.05, 0.1) is 12.2 Å². The number of nitrogens with one attached hydrogen (secondary N) is 3. The molecule has 1 aromatic carbocycles. The zero-order chi connectivity index (χ0) is 21.7. The maximum absolute atomic E-state index is 12.8. The molecule has 156 valence electrons. The van der Waals surface area contributed by atoms with Crippen LogP contribution in [0.4, 0.5) is 0 Å². The Bertz CT molecular complexity index is 1060. The summed E-state index contributed by atoms with van der Waals surface area (Å²) in [7, 11) is 0. The summed E-state index contributed by atoms with van der Waals surface area (Å²) < 4.78 is 0. The SMILES string of the molecule is Cc1ccc(-c2ccc(C(=O)NC(CN=C(N)N)c3nc(CN=O)c(C)[nH]3)[nH]2)cc1. The van der Waals surface area contributed by atoms with Crippen molar-refractivity contribution in [1.29, 1.82) is 0 Å². The summed E-state index contributed by atoms with van der Waals surface area (Å²) in [4.78, 5) is 38.0. The number of imidazole rings is 1. The van der Waals surface area contributed by atoms with Crippen LogP contribution >= 0.6 is 0 Å². The van der Waals surface area contributed by atoms with Crippen molar-refractivity contribution in [2.75, 3.05) is 6.54 Å². The van der Waals surface area contributed by atoms with Gasteiger partial charge in [-0.3, -0.25) is 9.79 Å². The number of nitroso groups, excluding NO2 is 1. The minimum atomic E-state index is -0.621. The molecule has 2 aromatic heterocycles. The molecular formula is C20H24N8O2. The first-order valence-corrected chi connectivity index (χ1v) is 9.34. The number of nitrogens with two attached hydrogens (primary N) is 2. The molecule has 3 aromatic rings. The van der Waals surface area contributed by atoms with Crippen LogP contribution in [0, 0.1) is 18.8 Å². The van der Waals surface area contributed by atoms with Gasteiger partial charge >= 0.3 is 0 Å². The molecule has 10 nitrogen and oxygen atoms in total. The number of carbonyl (C=O) groups is 1. The maximum Gasteiger partial charge on any atom is 0.268 e. The van der Waals surface area contributed by atoms with Gasteiger partial charge in [-0.05, 0) is 31.5 Å². The summed E-state index contributed by atoms with van der Waals surface area (Å²) in [5.41, 5.74) is 15.4. The van der Waals surface area contributed by atoms with Crippen LogP contribution in [-0.2, 0) is 6.54 Å². The smallest absolute Gasteiger partial charge is 0.268 e. The number of H-pyrrole nitrogens is 2. The number of aryl methyl sites for hydroxylation is 2. The molecular weight excluding hydrogens is 384 g/mol. The van der Waals surface area contributed by atoms with Crippen LogP contribution < -0.4 is 16.8 Å². The van der Waals surface area contributed by atoms with Gasteiger partial charge in [-0.2, -0.15) is 4.91 Å². The van der Waals surface area contributed by atoms with Crippen LogP contribution in [0.2, 0.25) is 0 Å². The highest BCUT2D eigenvalue weighted by Gasteiger charge is 2.21. The number of hydrogen-bond donors (Lipinski definition) is 5. The summed E-state index contributed by atoms with van der Waals surface area (Å²) >= 11 is 0. The van der Waals surface area contributed by atoms with Gasteiger partial charge in [0.25, 0.3) is 5.91 Å². The van der Waals surface area contributed by atoms with Crippen LogP contribution in [0.15, 0.2) is 46.6 Å². The van der Waals surface area contributed by atoms with E-state index in [2.05, 4.69) is 30.4 Å². The standard InChI is InChI=1S/C20H24N8O2/c1-11-3-5-13(6-4-11)14-7-8-15(26-14)19(29)28-17(9-23-20(21)22)18-25-12(2)16(27-18)10-24-30/h3-8,17,26H,9-10H2,1-2H3,(H,25,27)(H,28,29)(H4,21,22,23). The van der Waals surface area contributed by atoms with E-state index in [-0.39, 0.29) is 25.0 Å². The fraction of sp³-hybridized carbons (Fsp3) is 0.250. The molecule has 0 aliphatic heterocycles. The quantitative estimate of drug-likeness (QED) is 0.218. The van der Waals surface area contributed by atoms with Crippen LogP contribution in [0.3, 0.4) is 0 Å². The van der Waals surface area contributed by atoms with Gasteiger partial charge < -0.3 is 26.8 Å². The van der Waals surface area contributed by atoms with Gasteiger partial charge in [-0.15, -0.1) is 0 Å². The third kappa shape index (κ3) is 4.90. The highest BCUT2D eigenvalue weighted by atomic mass is 16.3. The molecule has 0 aliphatic carbocycles. The zero-order valence-electron chi connectivity index (χ0n) is 16.8. The monoisotopic (exact) mass is 408 g/mol. The average Bonchev–Trinajstić information content (AvgIpc) is 3.33. The molecule has 0 bridgehead atoms. The summed E-state index contributed by atoms with van der Waals surface area (Å²) in [6.45, 7) is 3.80. The first kappa shape index (κ1) is 20.8. The van der Waals surface area contributed by atoms with Crippen molar-refractivity contribution in [3.05, 3.63) is 69.8 Å². The number of aliphatic imine (C=N–C) groups is 1. The number of guanidine groups is 1. The molecule has 1 atom stereocenters. The van der Waals surface area contributed by atoms with Gasteiger partial charge in [0.1, 0.15) is 24.1 Å². The Kier molecular flexibility index (Phi) is 6.26. The van der Waals surface area contributed by atoms with E-state index in [0.717, 1.165) is 16.8 Å². The summed E-state index contributed by atoms with van der Waals surface area (Å²) in [6, 6.07) is 10.9. The number of benzene rings is 1. The highest BCUT2D eigenvalue weighted by molar-refractivity contribution is 5.93. The predicted octanol–water partition coefficient (Wildman–Crippen LogP) is 2.03. The van der Waals surface area contributed by atoms with E-state index in [1.165, 1.54) is 0 Å². The van der Waals surface area contributed by atoms with Crippen molar-refractivity contribution in [2.24, 2.45) is 21.6 Å². The molecule has 0 spiro atoms. The van der Waals surface area contributed by atoms with Crippen molar-refractivity contribution in [1.82, 2.24) is 20.3 Å². The minimum absolute atomic E-state index is 0.0676. The minimum Gasteiger partial charge on any atom is -0.370 e. The lowest BCUT2D eigenvalue weighted by molar-refractivity contribution is 0.0932. The second-order valence-corrected chi connectivity index (χ2v) is 6.92. The van der Waals surface area contributed by atoms with Gasteiger partial charge in [-0.25, -0.2) is 4.98 Å². The topological polar surface area (TPSA) is 167 Å². The summed E-state index contributed by atoms with van der Waals surface area (Å²) in [5, 5.41) is 5.74. The van der Waals surface area contributed by atoms with E-state index in [0.29, 0.717) is 22.9 Å². The molecule has 0 fully saturated rings. The summed E-state index contributed by atoms with van der Waals surface area (Å²) in [6.07, 6.45) is 0. The lowest BCUT2D eigenvalue weighted by Crippen LogP contribution is -2.33. The van der Waals surface area contributed by atoms with Crippen LogP contribution in [-0.4, -0.2) is 33.4 Å². The lowest BCUT2D eigenvalue weighted by atomic mass is 10.1. The van der Waals surface area contributed by atoms with Gasteiger partial charge in [0.2, 0.25) is 0 Å². The molecule has 2 heterocycles. The van der Waals surface area contributed by atoms with Crippen molar-refractivity contribution >= 4 is 11.9 Å². The molecule has 3 rings (SSSR count). The molecule has 0 aliphatic rings. The number of amides is 1. The summed E-state index contributed by atoms with van der Waals surface area (Å²) in [5.74, 6) is -0.00285. The highest BCUT2D eigenvalue weighted by Crippen LogP contribution is 2.20. The van der Waals surface area contributed by atoms with Crippen molar-refractivity contribution in [2.45, 2.75) is 26.4 Å². The number of aromatic nitrogens is 3.